The van der Waals surface area contributed by atoms with E-state index in [1.165, 1.54) is 25.0 Å². The van der Waals surface area contributed by atoms with Crippen molar-refractivity contribution in [2.45, 2.75) is 46.1 Å². The van der Waals surface area contributed by atoms with Crippen LogP contribution in [0.25, 0.3) is 0 Å². The zero-order valence-electron chi connectivity index (χ0n) is 10.5. The molecule has 0 radical (unpaired) electrons. The molecule has 0 saturated carbocycles. The smallest absolute Gasteiger partial charge is 0.0464 e. The van der Waals surface area contributed by atoms with E-state index >= 15 is 0 Å². The van der Waals surface area contributed by atoms with Crippen molar-refractivity contribution >= 4 is 11.8 Å². The molecule has 0 spiro atoms. The van der Waals surface area contributed by atoms with Gasteiger partial charge in [-0.1, -0.05) is 27.2 Å². The van der Waals surface area contributed by atoms with Crippen LogP contribution in [0.15, 0.2) is 0 Å². The molecule has 0 aliphatic heterocycles. The normalized spacial score (nSPS) is 15.2. The summed E-state index contributed by atoms with van der Waals surface area (Å²) in [6, 6.07) is 0.658. The van der Waals surface area contributed by atoms with Crippen LogP contribution >= 0.6 is 11.8 Å². The lowest BCUT2D eigenvalue weighted by Gasteiger charge is -2.18. The van der Waals surface area contributed by atoms with E-state index in [0.29, 0.717) is 18.6 Å². The highest BCUT2D eigenvalue weighted by Crippen LogP contribution is 2.11. The maximum atomic E-state index is 8.92. The molecule has 3 heteroatoms. The third-order valence-electron chi connectivity index (χ3n) is 2.35. The highest BCUT2D eigenvalue weighted by molar-refractivity contribution is 7.99. The Hall–Kier alpha value is 0.270. The Balaban J connectivity index is 3.55. The summed E-state index contributed by atoms with van der Waals surface area (Å²) in [4.78, 5) is 0. The minimum atomic E-state index is 0.313. The summed E-state index contributed by atoms with van der Waals surface area (Å²) >= 11 is 1.96. The van der Waals surface area contributed by atoms with Crippen molar-refractivity contribution in [3.05, 3.63) is 0 Å². The first-order valence-corrected chi connectivity index (χ1v) is 7.32. The molecule has 0 aliphatic rings. The summed E-state index contributed by atoms with van der Waals surface area (Å²) in [5, 5.41) is 12.5. The average molecular weight is 233 g/mol. The topological polar surface area (TPSA) is 32.3 Å². The Kier molecular flexibility index (Phi) is 11.0. The van der Waals surface area contributed by atoms with Gasteiger partial charge in [-0.15, -0.1) is 0 Å². The van der Waals surface area contributed by atoms with E-state index in [0.717, 1.165) is 12.3 Å². The van der Waals surface area contributed by atoms with E-state index in [9.17, 15) is 0 Å². The van der Waals surface area contributed by atoms with Gasteiger partial charge in [0.05, 0.1) is 0 Å². The number of hydrogen-bond acceptors (Lipinski definition) is 3. The molecule has 0 saturated heterocycles. The first-order valence-electron chi connectivity index (χ1n) is 6.16. The van der Waals surface area contributed by atoms with Gasteiger partial charge in [-0.2, -0.15) is 11.8 Å². The van der Waals surface area contributed by atoms with Gasteiger partial charge in [-0.3, -0.25) is 0 Å². The van der Waals surface area contributed by atoms with Crippen molar-refractivity contribution in [2.75, 3.05) is 24.7 Å². The van der Waals surface area contributed by atoms with E-state index < -0.39 is 0 Å². The highest BCUT2D eigenvalue weighted by atomic mass is 32.2. The summed E-state index contributed by atoms with van der Waals surface area (Å²) in [5.74, 6) is 2.69. The zero-order valence-corrected chi connectivity index (χ0v) is 11.3. The Morgan fingerprint density at radius 2 is 1.93 bits per heavy atom. The van der Waals surface area contributed by atoms with Crippen molar-refractivity contribution < 1.29 is 5.11 Å². The fourth-order valence-corrected chi connectivity index (χ4v) is 2.62. The minimum absolute atomic E-state index is 0.313. The average Bonchev–Trinajstić information content (AvgIpc) is 2.25. The fourth-order valence-electron chi connectivity index (χ4n) is 1.41. The molecule has 15 heavy (non-hydrogen) atoms. The van der Waals surface area contributed by atoms with Crippen LogP contribution in [-0.2, 0) is 0 Å². The Bertz CT molecular complexity index is 133. The zero-order chi connectivity index (χ0) is 11.5. The van der Waals surface area contributed by atoms with E-state index in [4.69, 9.17) is 5.11 Å². The van der Waals surface area contributed by atoms with Gasteiger partial charge in [0, 0.05) is 18.4 Å². The lowest BCUT2D eigenvalue weighted by molar-refractivity contribution is 0.250. The van der Waals surface area contributed by atoms with E-state index in [2.05, 4.69) is 26.1 Å². The van der Waals surface area contributed by atoms with Gasteiger partial charge in [0.2, 0.25) is 0 Å². The second-order valence-electron chi connectivity index (χ2n) is 4.26. The predicted molar refractivity (Wildman–Crippen MR) is 70.6 cm³/mol. The highest BCUT2D eigenvalue weighted by Gasteiger charge is 2.07. The van der Waals surface area contributed by atoms with Crippen LogP contribution in [0.5, 0.6) is 0 Å². The number of aliphatic hydroxyl groups excluding tert-OH is 1. The Morgan fingerprint density at radius 3 is 2.47 bits per heavy atom. The summed E-state index contributed by atoms with van der Waals surface area (Å²) < 4.78 is 0. The van der Waals surface area contributed by atoms with Crippen molar-refractivity contribution in [3.63, 3.8) is 0 Å². The molecule has 0 fully saturated rings. The molecule has 2 unspecified atom stereocenters. The molecule has 92 valence electrons. The molecule has 0 rings (SSSR count). The molecule has 0 aromatic rings. The summed E-state index contributed by atoms with van der Waals surface area (Å²) in [6.07, 6.45) is 3.72. The van der Waals surface area contributed by atoms with E-state index in [1.807, 2.05) is 11.8 Å². The molecule has 0 aliphatic carbocycles. The fraction of sp³-hybridized carbons (Fsp3) is 1.00. The van der Waals surface area contributed by atoms with Gasteiger partial charge in [0.1, 0.15) is 0 Å². The second kappa shape index (κ2) is 10.8. The molecular formula is C12H27NOS. The van der Waals surface area contributed by atoms with Crippen molar-refractivity contribution in [2.24, 2.45) is 5.92 Å². The SMILES string of the molecule is CCCNC(CCC)CSCC(C)CO. The maximum absolute atomic E-state index is 8.92. The quantitative estimate of drug-likeness (QED) is 0.608. The second-order valence-corrected chi connectivity index (χ2v) is 5.34. The first-order chi connectivity index (χ1) is 7.24. The van der Waals surface area contributed by atoms with Gasteiger partial charge >= 0.3 is 0 Å². The molecule has 0 aromatic heterocycles. The number of nitrogens with one attached hydrogen (secondary N) is 1. The molecule has 0 bridgehead atoms. The van der Waals surface area contributed by atoms with Crippen LogP contribution in [-0.4, -0.2) is 35.8 Å². The van der Waals surface area contributed by atoms with Gasteiger partial charge < -0.3 is 10.4 Å². The van der Waals surface area contributed by atoms with Crippen LogP contribution in [0.1, 0.15) is 40.0 Å². The van der Waals surface area contributed by atoms with Gasteiger partial charge in [0.25, 0.3) is 0 Å². The number of rotatable bonds is 10. The van der Waals surface area contributed by atoms with E-state index in [1.54, 1.807) is 0 Å². The number of hydrogen-bond donors (Lipinski definition) is 2. The molecular weight excluding hydrogens is 206 g/mol. The molecule has 2 nitrogen and oxygen atoms in total. The van der Waals surface area contributed by atoms with Gasteiger partial charge in [-0.25, -0.2) is 0 Å². The van der Waals surface area contributed by atoms with Crippen molar-refractivity contribution in [1.29, 1.82) is 0 Å². The van der Waals surface area contributed by atoms with Crippen LogP contribution in [0.3, 0.4) is 0 Å². The molecule has 0 heterocycles. The maximum Gasteiger partial charge on any atom is 0.0464 e. The van der Waals surface area contributed by atoms with Crippen LogP contribution in [0, 0.1) is 5.92 Å². The van der Waals surface area contributed by atoms with Crippen LogP contribution in [0.2, 0.25) is 0 Å². The van der Waals surface area contributed by atoms with Gasteiger partial charge in [0.15, 0.2) is 0 Å². The largest absolute Gasteiger partial charge is 0.396 e. The lowest BCUT2D eigenvalue weighted by atomic mass is 10.2. The molecule has 2 atom stereocenters. The predicted octanol–water partition coefficient (Wildman–Crippen LogP) is 2.52. The number of thioether (sulfide) groups is 1. The first kappa shape index (κ1) is 15.3. The number of aliphatic hydroxyl groups is 1. The molecule has 2 N–H and O–H groups in total. The third kappa shape index (κ3) is 9.21. The minimum Gasteiger partial charge on any atom is -0.396 e. The summed E-state index contributed by atoms with van der Waals surface area (Å²) in [6.45, 7) is 7.98. The molecule has 0 aromatic carbocycles. The Labute approximate surface area is 99.2 Å². The third-order valence-corrected chi connectivity index (χ3v) is 3.80. The van der Waals surface area contributed by atoms with Crippen LogP contribution < -0.4 is 5.32 Å². The summed E-state index contributed by atoms with van der Waals surface area (Å²) in [7, 11) is 0. The standard InChI is InChI=1S/C12H27NOS/c1-4-6-12(13-7-5-2)10-15-9-11(3)8-14/h11-14H,4-10H2,1-3H3. The van der Waals surface area contributed by atoms with Crippen molar-refractivity contribution in [1.82, 2.24) is 5.32 Å². The lowest BCUT2D eigenvalue weighted by Crippen LogP contribution is -2.32. The Morgan fingerprint density at radius 1 is 1.20 bits per heavy atom. The van der Waals surface area contributed by atoms with Gasteiger partial charge in [-0.05, 0) is 31.1 Å². The van der Waals surface area contributed by atoms with Crippen LogP contribution in [0.4, 0.5) is 0 Å². The van der Waals surface area contributed by atoms with Crippen molar-refractivity contribution in [3.8, 4) is 0 Å². The monoisotopic (exact) mass is 233 g/mol. The van der Waals surface area contributed by atoms with E-state index in [-0.39, 0.29) is 0 Å². The summed E-state index contributed by atoms with van der Waals surface area (Å²) in [5.41, 5.74) is 0. The molecule has 0 amide bonds.